The Labute approximate surface area is 131 Å². The van der Waals surface area contributed by atoms with E-state index in [9.17, 15) is 0 Å². The summed E-state index contributed by atoms with van der Waals surface area (Å²) in [4.78, 5) is 0. The largest absolute Gasteiger partial charge is 0.309 e. The summed E-state index contributed by atoms with van der Waals surface area (Å²) in [5.74, 6) is 0.946. The summed E-state index contributed by atoms with van der Waals surface area (Å²) in [6.07, 6.45) is 11.7. The van der Waals surface area contributed by atoms with Crippen LogP contribution in [0, 0.1) is 5.92 Å². The normalized spacial score (nSPS) is 18.4. The highest BCUT2D eigenvalue weighted by Gasteiger charge is 2.21. The summed E-state index contributed by atoms with van der Waals surface area (Å²) in [6, 6.07) is 0.429. The first-order chi connectivity index (χ1) is 9.76. The van der Waals surface area contributed by atoms with Gasteiger partial charge in [0.05, 0.1) is 22.4 Å². The molecule has 1 fully saturated rings. The zero-order chi connectivity index (χ0) is 14.4. The molecule has 1 saturated carbocycles. The van der Waals surface area contributed by atoms with Gasteiger partial charge in [-0.25, -0.2) is 0 Å². The fourth-order valence-electron chi connectivity index (χ4n) is 3.43. The summed E-state index contributed by atoms with van der Waals surface area (Å²) in [6.45, 7) is 6.30. The van der Waals surface area contributed by atoms with Gasteiger partial charge in [-0.3, -0.25) is 4.68 Å². The maximum Gasteiger partial charge on any atom is 0.0695 e. The number of aryl methyl sites for hydroxylation is 1. The predicted molar refractivity (Wildman–Crippen MR) is 87.8 cm³/mol. The van der Waals surface area contributed by atoms with Crippen molar-refractivity contribution in [1.29, 1.82) is 0 Å². The van der Waals surface area contributed by atoms with E-state index in [2.05, 4.69) is 44.9 Å². The van der Waals surface area contributed by atoms with Gasteiger partial charge >= 0.3 is 0 Å². The number of hydrogen-bond donors (Lipinski definition) is 1. The number of aromatic nitrogens is 2. The lowest BCUT2D eigenvalue weighted by molar-refractivity contribution is 0.311. The summed E-state index contributed by atoms with van der Waals surface area (Å²) in [5.41, 5.74) is 1.32. The second-order valence-electron chi connectivity index (χ2n) is 5.89. The second kappa shape index (κ2) is 8.18. The van der Waals surface area contributed by atoms with E-state index in [1.165, 1.54) is 50.6 Å². The Kier molecular flexibility index (Phi) is 6.56. The van der Waals surface area contributed by atoms with E-state index >= 15 is 0 Å². The van der Waals surface area contributed by atoms with Crippen molar-refractivity contribution in [3.63, 3.8) is 0 Å². The molecular formula is C16H28BrN3. The number of rotatable bonds is 7. The SMILES string of the molecule is CCNC(CCC1CCCCC1)c1c(Br)cnn1CC. The molecule has 3 nitrogen and oxygen atoms in total. The molecule has 1 aliphatic rings. The molecule has 1 aromatic heterocycles. The van der Waals surface area contributed by atoms with Crippen molar-refractivity contribution >= 4 is 15.9 Å². The topological polar surface area (TPSA) is 29.9 Å². The van der Waals surface area contributed by atoms with Crippen LogP contribution in [0.4, 0.5) is 0 Å². The Hall–Kier alpha value is -0.350. The Morgan fingerprint density at radius 1 is 1.35 bits per heavy atom. The van der Waals surface area contributed by atoms with Crippen LogP contribution in [0.3, 0.4) is 0 Å². The lowest BCUT2D eigenvalue weighted by Gasteiger charge is -2.25. The Morgan fingerprint density at radius 3 is 2.75 bits per heavy atom. The molecule has 0 amide bonds. The van der Waals surface area contributed by atoms with Crippen LogP contribution in [0.2, 0.25) is 0 Å². The third-order valence-electron chi connectivity index (χ3n) is 4.50. The molecule has 1 heterocycles. The maximum atomic E-state index is 4.46. The van der Waals surface area contributed by atoms with E-state index in [1.807, 2.05) is 6.20 Å². The molecule has 0 radical (unpaired) electrons. The van der Waals surface area contributed by atoms with E-state index < -0.39 is 0 Å². The lowest BCUT2D eigenvalue weighted by Crippen LogP contribution is -2.25. The molecule has 1 N–H and O–H groups in total. The van der Waals surface area contributed by atoms with E-state index in [1.54, 1.807) is 0 Å². The average molecular weight is 342 g/mol. The maximum absolute atomic E-state index is 4.46. The smallest absolute Gasteiger partial charge is 0.0695 e. The molecule has 2 rings (SSSR count). The molecule has 0 aromatic carbocycles. The number of halogens is 1. The quantitative estimate of drug-likeness (QED) is 0.780. The van der Waals surface area contributed by atoms with Crippen LogP contribution in [0.1, 0.15) is 70.5 Å². The van der Waals surface area contributed by atoms with Crippen LogP contribution in [-0.2, 0) is 6.54 Å². The van der Waals surface area contributed by atoms with Crippen molar-refractivity contribution in [2.75, 3.05) is 6.54 Å². The molecule has 20 heavy (non-hydrogen) atoms. The van der Waals surface area contributed by atoms with Gasteiger partial charge in [0.15, 0.2) is 0 Å². The fourth-order valence-corrected chi connectivity index (χ4v) is 4.00. The highest BCUT2D eigenvalue weighted by atomic mass is 79.9. The van der Waals surface area contributed by atoms with Crippen molar-refractivity contribution in [1.82, 2.24) is 15.1 Å². The van der Waals surface area contributed by atoms with E-state index in [0.717, 1.165) is 23.5 Å². The summed E-state index contributed by atoms with van der Waals surface area (Å²) in [7, 11) is 0. The third-order valence-corrected chi connectivity index (χ3v) is 5.11. The third kappa shape index (κ3) is 4.08. The predicted octanol–water partition coefficient (Wildman–Crippen LogP) is 4.68. The highest BCUT2D eigenvalue weighted by molar-refractivity contribution is 9.10. The molecule has 0 saturated heterocycles. The van der Waals surface area contributed by atoms with Crippen molar-refractivity contribution < 1.29 is 0 Å². The van der Waals surface area contributed by atoms with Gasteiger partial charge in [0.1, 0.15) is 0 Å². The van der Waals surface area contributed by atoms with Crippen LogP contribution in [0.25, 0.3) is 0 Å². The van der Waals surface area contributed by atoms with E-state index in [-0.39, 0.29) is 0 Å². The van der Waals surface area contributed by atoms with Gasteiger partial charge in [-0.15, -0.1) is 0 Å². The first-order valence-corrected chi connectivity index (χ1v) is 9.00. The minimum atomic E-state index is 0.429. The monoisotopic (exact) mass is 341 g/mol. The molecule has 1 aliphatic carbocycles. The molecule has 114 valence electrons. The zero-order valence-electron chi connectivity index (χ0n) is 12.9. The Morgan fingerprint density at radius 2 is 2.10 bits per heavy atom. The van der Waals surface area contributed by atoms with Crippen molar-refractivity contribution in [3.8, 4) is 0 Å². The minimum absolute atomic E-state index is 0.429. The van der Waals surface area contributed by atoms with Gasteiger partial charge in [0, 0.05) is 6.54 Å². The molecule has 1 atom stereocenters. The second-order valence-corrected chi connectivity index (χ2v) is 6.74. The van der Waals surface area contributed by atoms with Crippen LogP contribution in [-0.4, -0.2) is 16.3 Å². The summed E-state index contributed by atoms with van der Waals surface area (Å²) >= 11 is 3.67. The van der Waals surface area contributed by atoms with E-state index in [4.69, 9.17) is 0 Å². The van der Waals surface area contributed by atoms with Gasteiger partial charge in [-0.2, -0.15) is 5.10 Å². The van der Waals surface area contributed by atoms with E-state index in [0.29, 0.717) is 6.04 Å². The van der Waals surface area contributed by atoms with Crippen molar-refractivity contribution in [3.05, 3.63) is 16.4 Å². The molecular weight excluding hydrogens is 314 g/mol. The van der Waals surface area contributed by atoms with Crippen LogP contribution in [0.15, 0.2) is 10.7 Å². The molecule has 1 unspecified atom stereocenters. The molecule has 0 spiro atoms. The number of nitrogens with one attached hydrogen (secondary N) is 1. The summed E-state index contributed by atoms with van der Waals surface area (Å²) < 4.78 is 3.27. The molecule has 0 bridgehead atoms. The zero-order valence-corrected chi connectivity index (χ0v) is 14.5. The molecule has 4 heteroatoms. The van der Waals surface area contributed by atoms with Crippen LogP contribution in [0.5, 0.6) is 0 Å². The van der Waals surface area contributed by atoms with Crippen LogP contribution >= 0.6 is 15.9 Å². The van der Waals surface area contributed by atoms with Gasteiger partial charge < -0.3 is 5.32 Å². The van der Waals surface area contributed by atoms with Gasteiger partial charge in [-0.1, -0.05) is 39.0 Å². The lowest BCUT2D eigenvalue weighted by atomic mass is 9.85. The van der Waals surface area contributed by atoms with Crippen molar-refractivity contribution in [2.45, 2.75) is 71.4 Å². The minimum Gasteiger partial charge on any atom is -0.309 e. The molecule has 0 aliphatic heterocycles. The standard InChI is InChI=1S/C16H28BrN3/c1-3-18-15(11-10-13-8-6-5-7-9-13)16-14(17)12-19-20(16)4-2/h12-13,15,18H,3-11H2,1-2H3. The van der Waals surface area contributed by atoms with Gasteiger partial charge in [0.2, 0.25) is 0 Å². The van der Waals surface area contributed by atoms with Crippen molar-refractivity contribution in [2.24, 2.45) is 5.92 Å². The first-order valence-electron chi connectivity index (χ1n) is 8.20. The average Bonchev–Trinajstić information content (AvgIpc) is 2.85. The summed E-state index contributed by atoms with van der Waals surface area (Å²) in [5, 5.41) is 8.11. The fraction of sp³-hybridized carbons (Fsp3) is 0.812. The number of hydrogen-bond acceptors (Lipinski definition) is 2. The number of nitrogens with zero attached hydrogens (tertiary/aromatic N) is 2. The Balaban J connectivity index is 2.00. The first kappa shape index (κ1) is 16.0. The van der Waals surface area contributed by atoms with Crippen LogP contribution < -0.4 is 5.32 Å². The molecule has 1 aromatic rings. The van der Waals surface area contributed by atoms with Gasteiger partial charge in [0.25, 0.3) is 0 Å². The highest BCUT2D eigenvalue weighted by Crippen LogP contribution is 2.32. The Bertz CT molecular complexity index is 396. The van der Waals surface area contributed by atoms with Gasteiger partial charge in [-0.05, 0) is 48.2 Å².